The summed E-state index contributed by atoms with van der Waals surface area (Å²) in [6.07, 6.45) is 3.04. The molecule has 0 radical (unpaired) electrons. The minimum atomic E-state index is -0.499. The van der Waals surface area contributed by atoms with Crippen LogP contribution >= 0.6 is 0 Å². The van der Waals surface area contributed by atoms with Crippen LogP contribution in [0.2, 0.25) is 0 Å². The van der Waals surface area contributed by atoms with E-state index in [0.717, 1.165) is 6.42 Å². The van der Waals surface area contributed by atoms with E-state index in [2.05, 4.69) is 20.3 Å². The number of rotatable bonds is 6. The standard InChI is InChI=1S/C14H17F2N5/c1-9(20-14-19-8-18-13(17)21-14)4-2-5-10-11(15)6-3-7-12(10)16/h3,6-9H,2,4-5H2,1H3,(H3,17,18,19,20,21). The van der Waals surface area contributed by atoms with Gasteiger partial charge in [0.15, 0.2) is 0 Å². The van der Waals surface area contributed by atoms with Crippen LogP contribution in [0.3, 0.4) is 0 Å². The van der Waals surface area contributed by atoms with E-state index in [1.807, 2.05) is 6.92 Å². The van der Waals surface area contributed by atoms with Crippen LogP contribution < -0.4 is 11.1 Å². The number of nitrogen functional groups attached to an aromatic ring is 1. The second-order valence-corrected chi connectivity index (χ2v) is 4.81. The van der Waals surface area contributed by atoms with Gasteiger partial charge in [-0.25, -0.2) is 18.7 Å². The summed E-state index contributed by atoms with van der Waals surface area (Å²) < 4.78 is 26.9. The Labute approximate surface area is 121 Å². The van der Waals surface area contributed by atoms with Gasteiger partial charge in [-0.05, 0) is 38.3 Å². The van der Waals surface area contributed by atoms with E-state index in [-0.39, 0.29) is 17.6 Å². The average molecular weight is 293 g/mol. The largest absolute Gasteiger partial charge is 0.368 e. The molecule has 1 heterocycles. The molecule has 0 aliphatic rings. The summed E-state index contributed by atoms with van der Waals surface area (Å²) >= 11 is 0. The first-order chi connectivity index (χ1) is 10.1. The third-order valence-corrected chi connectivity index (χ3v) is 3.09. The van der Waals surface area contributed by atoms with Gasteiger partial charge in [-0.2, -0.15) is 4.98 Å². The van der Waals surface area contributed by atoms with Gasteiger partial charge in [0.25, 0.3) is 0 Å². The molecular formula is C14H17F2N5. The zero-order valence-electron chi connectivity index (χ0n) is 11.7. The number of hydrogen-bond donors (Lipinski definition) is 2. The molecule has 7 heteroatoms. The van der Waals surface area contributed by atoms with Crippen LogP contribution in [0.5, 0.6) is 0 Å². The summed E-state index contributed by atoms with van der Waals surface area (Å²) in [5, 5.41) is 3.07. The fraction of sp³-hybridized carbons (Fsp3) is 0.357. The number of benzene rings is 1. The van der Waals surface area contributed by atoms with E-state index in [0.29, 0.717) is 18.8 Å². The van der Waals surface area contributed by atoms with Crippen molar-refractivity contribution < 1.29 is 8.78 Å². The second kappa shape index (κ2) is 6.92. The first-order valence-corrected chi connectivity index (χ1v) is 6.70. The molecule has 2 rings (SSSR count). The van der Waals surface area contributed by atoms with Crippen LogP contribution in [-0.4, -0.2) is 21.0 Å². The van der Waals surface area contributed by atoms with Crippen molar-refractivity contribution in [1.29, 1.82) is 0 Å². The lowest BCUT2D eigenvalue weighted by Crippen LogP contribution is -2.18. The number of anilines is 2. The van der Waals surface area contributed by atoms with E-state index < -0.39 is 11.6 Å². The second-order valence-electron chi connectivity index (χ2n) is 4.81. The number of nitrogens with one attached hydrogen (secondary N) is 1. The highest BCUT2D eigenvalue weighted by Crippen LogP contribution is 2.16. The van der Waals surface area contributed by atoms with Crippen LogP contribution in [0.15, 0.2) is 24.5 Å². The summed E-state index contributed by atoms with van der Waals surface area (Å²) in [7, 11) is 0. The minimum absolute atomic E-state index is 0.0571. The highest BCUT2D eigenvalue weighted by atomic mass is 19.1. The Hall–Kier alpha value is -2.31. The molecular weight excluding hydrogens is 276 g/mol. The van der Waals surface area contributed by atoms with Gasteiger partial charge in [-0.3, -0.25) is 0 Å². The molecule has 3 N–H and O–H groups in total. The van der Waals surface area contributed by atoms with Gasteiger partial charge < -0.3 is 11.1 Å². The number of halogens is 2. The van der Waals surface area contributed by atoms with Crippen molar-refractivity contribution >= 4 is 11.9 Å². The number of aromatic nitrogens is 3. The summed E-state index contributed by atoms with van der Waals surface area (Å²) in [4.78, 5) is 11.6. The topological polar surface area (TPSA) is 76.7 Å². The molecule has 0 spiro atoms. The maximum Gasteiger partial charge on any atom is 0.227 e. The molecule has 1 aromatic carbocycles. The molecule has 0 saturated carbocycles. The van der Waals surface area contributed by atoms with Gasteiger partial charge in [0.1, 0.15) is 18.0 Å². The van der Waals surface area contributed by atoms with Crippen LogP contribution in [0.1, 0.15) is 25.3 Å². The molecule has 1 aromatic heterocycles. The molecule has 0 bridgehead atoms. The third-order valence-electron chi connectivity index (χ3n) is 3.09. The van der Waals surface area contributed by atoms with Crippen LogP contribution in [0.25, 0.3) is 0 Å². The average Bonchev–Trinajstić information content (AvgIpc) is 2.42. The van der Waals surface area contributed by atoms with Crippen molar-refractivity contribution in [2.45, 2.75) is 32.2 Å². The number of nitrogens with two attached hydrogens (primary N) is 1. The molecule has 112 valence electrons. The van der Waals surface area contributed by atoms with Crippen molar-refractivity contribution in [2.24, 2.45) is 0 Å². The molecule has 2 aromatic rings. The SMILES string of the molecule is CC(CCCc1c(F)cccc1F)Nc1ncnc(N)n1. The van der Waals surface area contributed by atoms with Gasteiger partial charge in [0.05, 0.1) is 0 Å². The molecule has 1 unspecified atom stereocenters. The Morgan fingerprint density at radius 2 is 1.95 bits per heavy atom. The Kier molecular flexibility index (Phi) is 4.97. The first kappa shape index (κ1) is 15.1. The monoisotopic (exact) mass is 293 g/mol. The Morgan fingerprint density at radius 1 is 1.24 bits per heavy atom. The minimum Gasteiger partial charge on any atom is -0.368 e. The lowest BCUT2D eigenvalue weighted by molar-refractivity contribution is 0.541. The lowest BCUT2D eigenvalue weighted by atomic mass is 10.0. The van der Waals surface area contributed by atoms with Crippen molar-refractivity contribution in [3.8, 4) is 0 Å². The Morgan fingerprint density at radius 3 is 2.62 bits per heavy atom. The highest BCUT2D eigenvalue weighted by Gasteiger charge is 2.10. The van der Waals surface area contributed by atoms with E-state index >= 15 is 0 Å². The summed E-state index contributed by atoms with van der Waals surface area (Å²) in [6.45, 7) is 1.94. The van der Waals surface area contributed by atoms with Crippen molar-refractivity contribution in [3.05, 3.63) is 41.7 Å². The molecule has 0 aliphatic heterocycles. The van der Waals surface area contributed by atoms with Crippen molar-refractivity contribution in [2.75, 3.05) is 11.1 Å². The normalized spacial score (nSPS) is 12.1. The number of nitrogens with zero attached hydrogens (tertiary/aromatic N) is 3. The Balaban J connectivity index is 1.83. The number of hydrogen-bond acceptors (Lipinski definition) is 5. The van der Waals surface area contributed by atoms with Crippen LogP contribution in [0, 0.1) is 11.6 Å². The van der Waals surface area contributed by atoms with E-state index in [9.17, 15) is 8.78 Å². The molecule has 5 nitrogen and oxygen atoms in total. The molecule has 21 heavy (non-hydrogen) atoms. The third kappa shape index (κ3) is 4.34. The predicted octanol–water partition coefficient (Wildman–Crippen LogP) is 2.56. The zero-order valence-corrected chi connectivity index (χ0v) is 11.7. The molecule has 0 saturated heterocycles. The van der Waals surface area contributed by atoms with Gasteiger partial charge in [0, 0.05) is 11.6 Å². The van der Waals surface area contributed by atoms with Crippen LogP contribution in [0.4, 0.5) is 20.7 Å². The lowest BCUT2D eigenvalue weighted by Gasteiger charge is -2.13. The summed E-state index contributed by atoms with van der Waals surface area (Å²) in [5.74, 6) is -0.457. The predicted molar refractivity (Wildman–Crippen MR) is 76.6 cm³/mol. The van der Waals surface area contributed by atoms with E-state index in [4.69, 9.17) is 5.73 Å². The highest BCUT2D eigenvalue weighted by molar-refractivity contribution is 5.29. The molecule has 1 atom stereocenters. The van der Waals surface area contributed by atoms with Gasteiger partial charge in [-0.1, -0.05) is 6.07 Å². The van der Waals surface area contributed by atoms with E-state index in [1.165, 1.54) is 24.5 Å². The van der Waals surface area contributed by atoms with Crippen LogP contribution in [-0.2, 0) is 6.42 Å². The molecule has 0 aliphatic carbocycles. The van der Waals surface area contributed by atoms with Gasteiger partial charge in [-0.15, -0.1) is 0 Å². The molecule has 0 fully saturated rings. The quantitative estimate of drug-likeness (QED) is 0.856. The van der Waals surface area contributed by atoms with Gasteiger partial charge >= 0.3 is 0 Å². The fourth-order valence-corrected chi connectivity index (χ4v) is 2.03. The zero-order chi connectivity index (χ0) is 15.2. The molecule has 0 amide bonds. The van der Waals surface area contributed by atoms with E-state index in [1.54, 1.807) is 0 Å². The smallest absolute Gasteiger partial charge is 0.227 e. The Bertz CT molecular complexity index is 585. The van der Waals surface area contributed by atoms with Gasteiger partial charge in [0.2, 0.25) is 11.9 Å². The van der Waals surface area contributed by atoms with Crippen molar-refractivity contribution in [3.63, 3.8) is 0 Å². The fourth-order valence-electron chi connectivity index (χ4n) is 2.03. The maximum absolute atomic E-state index is 13.5. The first-order valence-electron chi connectivity index (χ1n) is 6.70. The summed E-state index contributed by atoms with van der Waals surface area (Å²) in [6, 6.07) is 3.96. The van der Waals surface area contributed by atoms with Crippen molar-refractivity contribution in [1.82, 2.24) is 15.0 Å². The maximum atomic E-state index is 13.5. The summed E-state index contributed by atoms with van der Waals surface area (Å²) in [5.41, 5.74) is 5.59.